The molecular formula is C19H18O5. The van der Waals surface area contributed by atoms with Gasteiger partial charge >= 0.3 is 5.97 Å². The molecule has 0 fully saturated rings. The number of ether oxygens (including phenoxy) is 2. The highest BCUT2D eigenvalue weighted by molar-refractivity contribution is 5.86. The van der Waals surface area contributed by atoms with Crippen LogP contribution in [-0.2, 0) is 16.0 Å². The summed E-state index contributed by atoms with van der Waals surface area (Å²) in [6.45, 7) is 2.49. The molecule has 24 heavy (non-hydrogen) atoms. The maximum Gasteiger partial charge on any atom is 0.310 e. The monoisotopic (exact) mass is 326 g/mol. The molecule has 3 rings (SSSR count). The third kappa shape index (κ3) is 3.87. The van der Waals surface area contributed by atoms with Crippen LogP contribution in [0.3, 0.4) is 0 Å². The van der Waals surface area contributed by atoms with Gasteiger partial charge in [0, 0.05) is 17.0 Å². The number of aryl methyl sites for hydroxylation is 1. The van der Waals surface area contributed by atoms with Gasteiger partial charge in [0.05, 0.1) is 12.7 Å². The van der Waals surface area contributed by atoms with E-state index in [-0.39, 0.29) is 24.7 Å². The molecule has 0 spiro atoms. The molecule has 2 aromatic carbocycles. The van der Waals surface area contributed by atoms with Crippen LogP contribution < -0.4 is 4.74 Å². The van der Waals surface area contributed by atoms with Crippen molar-refractivity contribution in [3.8, 4) is 11.5 Å². The number of phenolic OH excluding ortho intramolecular Hbond substituents is 1. The molecule has 0 saturated carbocycles. The van der Waals surface area contributed by atoms with Crippen LogP contribution in [0.5, 0.6) is 11.5 Å². The van der Waals surface area contributed by atoms with Gasteiger partial charge in [0.15, 0.2) is 0 Å². The van der Waals surface area contributed by atoms with Gasteiger partial charge < -0.3 is 19.0 Å². The highest BCUT2D eigenvalue weighted by Crippen LogP contribution is 2.25. The third-order valence-corrected chi connectivity index (χ3v) is 3.61. The predicted octanol–water partition coefficient (Wildman–Crippen LogP) is 3.61. The molecule has 0 unspecified atom stereocenters. The van der Waals surface area contributed by atoms with Crippen LogP contribution in [0.1, 0.15) is 11.1 Å². The van der Waals surface area contributed by atoms with Gasteiger partial charge in [-0.15, -0.1) is 0 Å². The van der Waals surface area contributed by atoms with Crippen molar-refractivity contribution >= 4 is 16.9 Å². The minimum Gasteiger partial charge on any atom is -0.508 e. The van der Waals surface area contributed by atoms with Crippen molar-refractivity contribution in [3.05, 3.63) is 59.9 Å². The number of furan rings is 1. The summed E-state index contributed by atoms with van der Waals surface area (Å²) in [4.78, 5) is 11.9. The maximum absolute atomic E-state index is 11.9. The fraction of sp³-hybridized carbons (Fsp3) is 0.211. The van der Waals surface area contributed by atoms with E-state index in [0.29, 0.717) is 12.2 Å². The second-order valence-electron chi connectivity index (χ2n) is 5.50. The maximum atomic E-state index is 11.9. The van der Waals surface area contributed by atoms with Gasteiger partial charge in [-0.05, 0) is 31.2 Å². The van der Waals surface area contributed by atoms with Crippen LogP contribution in [0, 0.1) is 6.92 Å². The molecule has 0 aliphatic heterocycles. The number of fused-ring (bicyclic) bond motifs is 1. The van der Waals surface area contributed by atoms with E-state index in [4.69, 9.17) is 13.9 Å². The zero-order valence-corrected chi connectivity index (χ0v) is 13.3. The SMILES string of the molecule is Cc1ccc(OCCOC(=O)Cc2coc3cc(O)ccc23)cc1. The van der Waals surface area contributed by atoms with Crippen molar-refractivity contribution in [2.24, 2.45) is 0 Å². The molecule has 1 aromatic heterocycles. The number of rotatable bonds is 6. The second kappa shape index (κ2) is 7.08. The molecule has 1 heterocycles. The Balaban J connectivity index is 1.47. The van der Waals surface area contributed by atoms with Crippen molar-refractivity contribution < 1.29 is 23.8 Å². The van der Waals surface area contributed by atoms with E-state index in [2.05, 4.69) is 0 Å². The normalized spacial score (nSPS) is 10.7. The predicted molar refractivity (Wildman–Crippen MR) is 89.2 cm³/mol. The lowest BCUT2D eigenvalue weighted by Gasteiger charge is -2.07. The average Bonchev–Trinajstić information content (AvgIpc) is 2.95. The molecule has 3 aromatic rings. The zero-order chi connectivity index (χ0) is 16.9. The molecule has 0 bridgehead atoms. The largest absolute Gasteiger partial charge is 0.508 e. The quantitative estimate of drug-likeness (QED) is 0.553. The van der Waals surface area contributed by atoms with Gasteiger partial charge in [-0.3, -0.25) is 4.79 Å². The van der Waals surface area contributed by atoms with Crippen molar-refractivity contribution in [3.63, 3.8) is 0 Å². The Kier molecular flexibility index (Phi) is 4.70. The topological polar surface area (TPSA) is 68.9 Å². The van der Waals surface area contributed by atoms with Gasteiger partial charge in [-0.2, -0.15) is 0 Å². The number of carbonyl (C=O) groups is 1. The molecule has 0 amide bonds. The van der Waals surface area contributed by atoms with Crippen molar-refractivity contribution in [1.29, 1.82) is 0 Å². The van der Waals surface area contributed by atoms with Crippen LogP contribution in [0.15, 0.2) is 53.1 Å². The number of aromatic hydroxyl groups is 1. The molecule has 5 nitrogen and oxygen atoms in total. The lowest BCUT2D eigenvalue weighted by atomic mass is 10.1. The number of benzene rings is 2. The summed E-state index contributed by atoms with van der Waals surface area (Å²) < 4.78 is 16.0. The van der Waals surface area contributed by atoms with Crippen LogP contribution in [0.25, 0.3) is 11.0 Å². The Hall–Kier alpha value is -2.95. The van der Waals surface area contributed by atoms with Crippen LogP contribution in [-0.4, -0.2) is 24.3 Å². The Morgan fingerprint density at radius 3 is 2.71 bits per heavy atom. The summed E-state index contributed by atoms with van der Waals surface area (Å²) >= 11 is 0. The fourth-order valence-electron chi connectivity index (χ4n) is 2.36. The first-order chi connectivity index (χ1) is 11.6. The van der Waals surface area contributed by atoms with E-state index in [9.17, 15) is 9.90 Å². The number of carbonyl (C=O) groups excluding carboxylic acids is 1. The Morgan fingerprint density at radius 1 is 1.12 bits per heavy atom. The van der Waals surface area contributed by atoms with Crippen molar-refractivity contribution in [2.75, 3.05) is 13.2 Å². The Morgan fingerprint density at radius 2 is 1.92 bits per heavy atom. The van der Waals surface area contributed by atoms with Crippen LogP contribution in [0.4, 0.5) is 0 Å². The summed E-state index contributed by atoms with van der Waals surface area (Å²) in [5.41, 5.74) is 2.43. The Bertz CT molecular complexity index is 833. The van der Waals surface area contributed by atoms with E-state index >= 15 is 0 Å². The first kappa shape index (κ1) is 15.9. The first-order valence-electron chi connectivity index (χ1n) is 7.66. The van der Waals surface area contributed by atoms with E-state index in [1.54, 1.807) is 12.1 Å². The average molecular weight is 326 g/mol. The molecule has 124 valence electrons. The highest BCUT2D eigenvalue weighted by atomic mass is 16.6. The minimum absolute atomic E-state index is 0.113. The van der Waals surface area contributed by atoms with Gasteiger partial charge in [0.25, 0.3) is 0 Å². The van der Waals surface area contributed by atoms with Gasteiger partial charge in [0.1, 0.15) is 30.3 Å². The number of phenols is 1. The highest BCUT2D eigenvalue weighted by Gasteiger charge is 2.12. The molecule has 0 saturated heterocycles. The van der Waals surface area contributed by atoms with Gasteiger partial charge in [0.2, 0.25) is 0 Å². The van der Waals surface area contributed by atoms with Crippen molar-refractivity contribution in [2.45, 2.75) is 13.3 Å². The van der Waals surface area contributed by atoms with Crippen LogP contribution in [0.2, 0.25) is 0 Å². The second-order valence-corrected chi connectivity index (χ2v) is 5.50. The lowest BCUT2D eigenvalue weighted by molar-refractivity contribution is -0.143. The van der Waals surface area contributed by atoms with E-state index in [1.807, 2.05) is 31.2 Å². The van der Waals surface area contributed by atoms with Gasteiger partial charge in [-0.25, -0.2) is 0 Å². The standard InChI is InChI=1S/C19H18O5/c1-13-2-5-16(6-3-13)22-8-9-23-19(21)10-14-12-24-18-11-15(20)4-7-17(14)18/h2-7,11-12,20H,8-10H2,1H3. The number of hydrogen-bond acceptors (Lipinski definition) is 5. The number of esters is 1. The summed E-state index contributed by atoms with van der Waals surface area (Å²) in [6, 6.07) is 12.5. The zero-order valence-electron chi connectivity index (χ0n) is 13.3. The van der Waals surface area contributed by atoms with E-state index < -0.39 is 0 Å². The molecule has 5 heteroatoms. The number of hydrogen-bond donors (Lipinski definition) is 1. The molecule has 0 aliphatic carbocycles. The summed E-state index contributed by atoms with van der Waals surface area (Å²) in [5, 5.41) is 10.2. The van der Waals surface area contributed by atoms with E-state index in [0.717, 1.165) is 22.3 Å². The molecule has 1 N–H and O–H groups in total. The summed E-state index contributed by atoms with van der Waals surface area (Å²) in [5.74, 6) is 0.523. The molecule has 0 aliphatic rings. The molecule has 0 radical (unpaired) electrons. The summed E-state index contributed by atoms with van der Waals surface area (Å²) in [6.07, 6.45) is 1.62. The summed E-state index contributed by atoms with van der Waals surface area (Å²) in [7, 11) is 0. The molecule has 0 atom stereocenters. The van der Waals surface area contributed by atoms with Gasteiger partial charge in [-0.1, -0.05) is 17.7 Å². The Labute approximate surface area is 139 Å². The first-order valence-corrected chi connectivity index (χ1v) is 7.66. The third-order valence-electron chi connectivity index (χ3n) is 3.61. The molecular weight excluding hydrogens is 308 g/mol. The minimum atomic E-state index is -0.349. The van der Waals surface area contributed by atoms with E-state index in [1.165, 1.54) is 12.3 Å². The smallest absolute Gasteiger partial charge is 0.310 e. The lowest BCUT2D eigenvalue weighted by Crippen LogP contribution is -2.13. The van der Waals surface area contributed by atoms with Crippen molar-refractivity contribution in [1.82, 2.24) is 0 Å². The van der Waals surface area contributed by atoms with Crippen LogP contribution >= 0.6 is 0 Å². The fourth-order valence-corrected chi connectivity index (χ4v) is 2.36.